The molecule has 2 aromatic carbocycles. The molecule has 4 N–H and O–H groups in total. The molecular weight excluding hydrogens is 354 g/mol. The van der Waals surface area contributed by atoms with Gasteiger partial charge in [0.15, 0.2) is 0 Å². The molecule has 6 nitrogen and oxygen atoms in total. The number of amides is 2. The molecule has 0 atom stereocenters. The van der Waals surface area contributed by atoms with E-state index >= 15 is 0 Å². The Hall–Kier alpha value is -2.73. The number of nitrogens with two attached hydrogens (primary N) is 1. The maximum absolute atomic E-state index is 12.6. The molecule has 0 saturated heterocycles. The highest BCUT2D eigenvalue weighted by Gasteiger charge is 2.17. The van der Waals surface area contributed by atoms with Crippen molar-refractivity contribution in [3.05, 3.63) is 52.0 Å². The largest absolute Gasteiger partial charge is 0.496 e. The van der Waals surface area contributed by atoms with Gasteiger partial charge < -0.3 is 21.1 Å². The first-order valence-electron chi connectivity index (χ1n) is 8.08. The number of carbonyl (C=O) groups is 2. The van der Waals surface area contributed by atoms with Crippen LogP contribution in [0.2, 0.25) is 5.02 Å². The van der Waals surface area contributed by atoms with Crippen LogP contribution in [0.15, 0.2) is 30.3 Å². The van der Waals surface area contributed by atoms with Gasteiger partial charge in [0.05, 0.1) is 23.4 Å². The number of benzene rings is 2. The molecule has 138 valence electrons. The number of ether oxygens (including phenoxy) is 1. The molecule has 2 aromatic rings. The van der Waals surface area contributed by atoms with Gasteiger partial charge in [-0.3, -0.25) is 9.59 Å². The third kappa shape index (κ3) is 4.46. The zero-order valence-corrected chi connectivity index (χ0v) is 15.9. The number of nitrogen functional groups attached to an aromatic ring is 1. The van der Waals surface area contributed by atoms with E-state index in [4.69, 9.17) is 22.1 Å². The molecule has 0 bridgehead atoms. The minimum absolute atomic E-state index is 0.0151. The van der Waals surface area contributed by atoms with Gasteiger partial charge in [-0.2, -0.15) is 0 Å². The van der Waals surface area contributed by atoms with Crippen molar-refractivity contribution in [1.29, 1.82) is 0 Å². The molecule has 0 aliphatic rings. The summed E-state index contributed by atoms with van der Waals surface area (Å²) in [6.45, 7) is 5.61. The Morgan fingerprint density at radius 1 is 1.12 bits per heavy atom. The zero-order chi connectivity index (χ0) is 19.4. The third-order valence-corrected chi connectivity index (χ3v) is 4.05. The van der Waals surface area contributed by atoms with Crippen molar-refractivity contribution >= 4 is 34.8 Å². The Labute approximate surface area is 157 Å². The first-order chi connectivity index (χ1) is 12.2. The van der Waals surface area contributed by atoms with Gasteiger partial charge in [0, 0.05) is 23.4 Å². The number of nitrogens with one attached hydrogen (secondary N) is 2. The van der Waals surface area contributed by atoms with E-state index in [1.807, 2.05) is 20.8 Å². The van der Waals surface area contributed by atoms with Crippen molar-refractivity contribution in [3.8, 4) is 5.75 Å². The molecule has 7 heteroatoms. The van der Waals surface area contributed by atoms with Crippen molar-refractivity contribution in [3.63, 3.8) is 0 Å². The van der Waals surface area contributed by atoms with Crippen LogP contribution in [0.3, 0.4) is 0 Å². The van der Waals surface area contributed by atoms with Crippen LogP contribution in [0.4, 0.5) is 11.4 Å². The SMILES string of the molecule is COc1cc(N)c(Cl)cc1C(=O)Nc1ccc(C)c(C(=O)NC(C)C)c1. The van der Waals surface area contributed by atoms with Crippen LogP contribution in [0.5, 0.6) is 5.75 Å². The molecule has 0 saturated carbocycles. The second-order valence-corrected chi connectivity index (χ2v) is 6.59. The normalized spacial score (nSPS) is 10.5. The van der Waals surface area contributed by atoms with E-state index < -0.39 is 5.91 Å². The van der Waals surface area contributed by atoms with Crippen LogP contribution in [0.25, 0.3) is 0 Å². The second kappa shape index (κ2) is 8.10. The van der Waals surface area contributed by atoms with Crippen LogP contribution in [-0.4, -0.2) is 25.0 Å². The maximum atomic E-state index is 12.6. The van der Waals surface area contributed by atoms with E-state index in [0.717, 1.165) is 5.56 Å². The number of rotatable bonds is 5. The molecule has 0 fully saturated rings. The van der Waals surface area contributed by atoms with Gasteiger partial charge >= 0.3 is 0 Å². The van der Waals surface area contributed by atoms with Gasteiger partial charge in [-0.1, -0.05) is 17.7 Å². The lowest BCUT2D eigenvalue weighted by atomic mass is 10.1. The van der Waals surface area contributed by atoms with Gasteiger partial charge in [-0.25, -0.2) is 0 Å². The maximum Gasteiger partial charge on any atom is 0.259 e. The molecule has 0 spiro atoms. The molecule has 0 radical (unpaired) electrons. The summed E-state index contributed by atoms with van der Waals surface area (Å²) in [5.41, 5.74) is 8.12. The first kappa shape index (κ1) is 19.6. The quantitative estimate of drug-likeness (QED) is 0.695. The lowest BCUT2D eigenvalue weighted by Gasteiger charge is -2.14. The number of methoxy groups -OCH3 is 1. The molecule has 0 unspecified atom stereocenters. The summed E-state index contributed by atoms with van der Waals surface area (Å²) in [4.78, 5) is 24.9. The fourth-order valence-corrected chi connectivity index (χ4v) is 2.56. The highest BCUT2D eigenvalue weighted by molar-refractivity contribution is 6.33. The molecule has 0 aliphatic carbocycles. The number of carbonyl (C=O) groups excluding carboxylic acids is 2. The minimum atomic E-state index is -0.414. The standard InChI is InChI=1S/C19H22ClN3O3/c1-10(2)22-18(24)13-7-12(6-5-11(13)3)23-19(25)14-8-15(20)16(21)9-17(14)26-4/h5-10H,21H2,1-4H3,(H,22,24)(H,23,25). The van der Waals surface area contributed by atoms with Crippen molar-refractivity contribution in [2.75, 3.05) is 18.2 Å². The third-order valence-electron chi connectivity index (χ3n) is 3.72. The summed E-state index contributed by atoms with van der Waals surface area (Å²) in [7, 11) is 1.44. The van der Waals surface area contributed by atoms with E-state index in [9.17, 15) is 9.59 Å². The summed E-state index contributed by atoms with van der Waals surface area (Å²) in [6, 6.07) is 8.10. The van der Waals surface area contributed by atoms with Gasteiger partial charge in [0.1, 0.15) is 5.75 Å². The number of aryl methyl sites for hydroxylation is 1. The Bertz CT molecular complexity index is 850. The average molecular weight is 376 g/mol. The Balaban J connectivity index is 2.30. The molecule has 0 heterocycles. The molecule has 0 aromatic heterocycles. The molecule has 2 rings (SSSR count). The van der Waals surface area contributed by atoms with Crippen LogP contribution in [0.1, 0.15) is 40.1 Å². The van der Waals surface area contributed by atoms with E-state index in [2.05, 4.69) is 10.6 Å². The summed E-state index contributed by atoms with van der Waals surface area (Å²) in [5.74, 6) is -0.293. The van der Waals surface area contributed by atoms with Crippen molar-refractivity contribution in [2.45, 2.75) is 26.8 Å². The highest BCUT2D eigenvalue weighted by atomic mass is 35.5. The molecular formula is C19H22ClN3O3. The van der Waals surface area contributed by atoms with Crippen molar-refractivity contribution in [1.82, 2.24) is 5.32 Å². The fourth-order valence-electron chi connectivity index (χ4n) is 2.40. The summed E-state index contributed by atoms with van der Waals surface area (Å²) < 4.78 is 5.20. The van der Waals surface area contributed by atoms with E-state index in [1.165, 1.54) is 19.2 Å². The molecule has 0 aliphatic heterocycles. The second-order valence-electron chi connectivity index (χ2n) is 6.19. The fraction of sp³-hybridized carbons (Fsp3) is 0.263. The van der Waals surface area contributed by atoms with Crippen molar-refractivity contribution in [2.24, 2.45) is 0 Å². The summed E-state index contributed by atoms with van der Waals surface area (Å²) in [6.07, 6.45) is 0. The Morgan fingerprint density at radius 2 is 1.81 bits per heavy atom. The van der Waals surface area contributed by atoms with Crippen LogP contribution < -0.4 is 21.1 Å². The van der Waals surface area contributed by atoms with Crippen molar-refractivity contribution < 1.29 is 14.3 Å². The number of hydrogen-bond donors (Lipinski definition) is 3. The van der Waals surface area contributed by atoms with Gasteiger partial charge in [0.25, 0.3) is 11.8 Å². The smallest absolute Gasteiger partial charge is 0.259 e. The van der Waals surface area contributed by atoms with Gasteiger partial charge in [-0.15, -0.1) is 0 Å². The van der Waals surface area contributed by atoms with Crippen LogP contribution in [-0.2, 0) is 0 Å². The van der Waals surface area contributed by atoms with E-state index in [0.29, 0.717) is 22.7 Å². The van der Waals surface area contributed by atoms with Crippen LogP contribution >= 0.6 is 11.6 Å². The lowest BCUT2D eigenvalue weighted by molar-refractivity contribution is 0.0941. The number of hydrogen-bond acceptors (Lipinski definition) is 4. The Kier molecular flexibility index (Phi) is 6.10. The van der Waals surface area contributed by atoms with Crippen LogP contribution in [0, 0.1) is 6.92 Å². The summed E-state index contributed by atoms with van der Waals surface area (Å²) >= 11 is 6.01. The van der Waals surface area contributed by atoms with Gasteiger partial charge in [0.2, 0.25) is 0 Å². The minimum Gasteiger partial charge on any atom is -0.496 e. The molecule has 26 heavy (non-hydrogen) atoms. The number of anilines is 2. The van der Waals surface area contributed by atoms with E-state index in [-0.39, 0.29) is 22.5 Å². The Morgan fingerprint density at radius 3 is 2.42 bits per heavy atom. The monoisotopic (exact) mass is 375 g/mol. The lowest BCUT2D eigenvalue weighted by Crippen LogP contribution is -2.30. The summed E-state index contributed by atoms with van der Waals surface area (Å²) in [5, 5.41) is 5.86. The zero-order valence-electron chi connectivity index (χ0n) is 15.1. The molecule has 2 amide bonds. The predicted molar refractivity (Wildman–Crippen MR) is 104 cm³/mol. The topological polar surface area (TPSA) is 93.4 Å². The average Bonchev–Trinajstić information content (AvgIpc) is 2.57. The van der Waals surface area contributed by atoms with E-state index in [1.54, 1.807) is 18.2 Å². The van der Waals surface area contributed by atoms with Gasteiger partial charge in [-0.05, 0) is 44.5 Å². The first-order valence-corrected chi connectivity index (χ1v) is 8.46. The number of halogens is 1. The highest BCUT2D eigenvalue weighted by Crippen LogP contribution is 2.29. The predicted octanol–water partition coefficient (Wildman–Crippen LogP) is 3.63.